The topological polar surface area (TPSA) is 212 Å². The molecule has 1 N–H and O–H groups in total. The number of carbonyl (C=O) groups is 8. The molecule has 0 fully saturated rings. The summed E-state index contributed by atoms with van der Waals surface area (Å²) in [6.45, 7) is 7.64. The van der Waals surface area contributed by atoms with Crippen molar-refractivity contribution in [3.63, 3.8) is 0 Å². The molecule has 1 unspecified atom stereocenters. The van der Waals surface area contributed by atoms with Crippen LogP contribution in [0.1, 0.15) is 112 Å². The van der Waals surface area contributed by atoms with Gasteiger partial charge >= 0.3 is 0 Å². The van der Waals surface area contributed by atoms with Crippen molar-refractivity contribution in [1.82, 2.24) is 0 Å². The average molecular weight is 1310 g/mol. The molecule has 0 spiro atoms. The predicted molar refractivity (Wildman–Crippen MR) is 364 cm³/mol. The lowest BCUT2D eigenvalue weighted by Crippen LogP contribution is -2.35. The van der Waals surface area contributed by atoms with Gasteiger partial charge < -0.3 is 48.3 Å². The Bertz CT molecular complexity index is 4490. The van der Waals surface area contributed by atoms with Crippen LogP contribution in [-0.2, 0) is 4.79 Å². The first-order chi connectivity index (χ1) is 45.3. The molecule has 9 heterocycles. The van der Waals surface area contributed by atoms with E-state index in [9.17, 15) is 38.4 Å². The summed E-state index contributed by atoms with van der Waals surface area (Å²) in [5.74, 6) is 3.65. The molecule has 17 rings (SSSR count). The van der Waals surface area contributed by atoms with Gasteiger partial charge in [-0.05, 0) is 97.1 Å². The fourth-order valence-corrected chi connectivity index (χ4v) is 12.2. The van der Waals surface area contributed by atoms with E-state index in [1.165, 1.54) is 6.92 Å². The SMILES string of the molecule is CC(=O)N1CCC(=O)c2ccccc21.CC1CN(C)c2cc(Cl)ccc2C1=O.CN1CCC(=O)c2cc(Cl)ccc21.CN1CCC(=O)c2ccccc21.O=C1CCNc2ccccc21.O=C1COc2cc3c(cc21)OCO3.O=C1COc2cc3c(cc21)oc1ccccc13. The van der Waals surface area contributed by atoms with Crippen LogP contribution in [-0.4, -0.2) is 120 Å². The number of Topliss-reactive ketones (excluding diaryl/α,β-unsaturated/α-hetero) is 7. The zero-order chi connectivity index (χ0) is 66.3. The smallest absolute Gasteiger partial charge is 0.231 e. The molecule has 8 aromatic carbocycles. The molecule has 1 aromatic heterocycles. The van der Waals surface area contributed by atoms with Crippen LogP contribution in [0, 0.1) is 5.92 Å². The highest BCUT2D eigenvalue weighted by atomic mass is 35.5. The van der Waals surface area contributed by atoms with Gasteiger partial charge in [-0.25, -0.2) is 0 Å². The molecule has 0 saturated heterocycles. The highest BCUT2D eigenvalue weighted by molar-refractivity contribution is 6.31. The number of anilines is 5. The molecule has 1 amide bonds. The molecule has 94 heavy (non-hydrogen) atoms. The number of nitrogens with one attached hydrogen (secondary N) is 1. The summed E-state index contributed by atoms with van der Waals surface area (Å²) in [5, 5.41) is 6.52. The minimum Gasteiger partial charge on any atom is -0.485 e. The van der Waals surface area contributed by atoms with E-state index in [0.29, 0.717) is 82.0 Å². The summed E-state index contributed by atoms with van der Waals surface area (Å²) in [7, 11) is 5.99. The molecular weight excluding hydrogens is 1240 g/mol. The van der Waals surface area contributed by atoms with Crippen molar-refractivity contribution in [3.05, 3.63) is 207 Å². The second-order valence-corrected chi connectivity index (χ2v) is 24.1. The normalized spacial score (nSPS) is 16.4. The molecule has 0 bridgehead atoms. The molecule has 1 atom stereocenters. The lowest BCUT2D eigenvalue weighted by Gasteiger charge is -2.30. The van der Waals surface area contributed by atoms with Gasteiger partial charge in [0.25, 0.3) is 0 Å². The van der Waals surface area contributed by atoms with E-state index in [0.717, 1.165) is 98.8 Å². The maximum Gasteiger partial charge on any atom is 0.231 e. The van der Waals surface area contributed by atoms with Crippen molar-refractivity contribution in [3.8, 4) is 23.0 Å². The molecule has 480 valence electrons. The summed E-state index contributed by atoms with van der Waals surface area (Å²) in [5.41, 5.74) is 11.4. The highest BCUT2D eigenvalue weighted by Gasteiger charge is 2.30. The van der Waals surface area contributed by atoms with Gasteiger partial charge in [-0.15, -0.1) is 0 Å². The molecule has 18 nitrogen and oxygen atoms in total. The van der Waals surface area contributed by atoms with Crippen LogP contribution in [0.25, 0.3) is 21.9 Å². The average Bonchev–Trinajstić information content (AvgIpc) is 1.55. The Kier molecular flexibility index (Phi) is 19.9. The lowest BCUT2D eigenvalue weighted by atomic mass is 9.93. The van der Waals surface area contributed by atoms with Crippen LogP contribution in [0.2, 0.25) is 10.0 Å². The maximum atomic E-state index is 11.8. The molecule has 8 aliphatic rings. The molecule has 0 saturated carbocycles. The Hall–Kier alpha value is -10.3. The van der Waals surface area contributed by atoms with Crippen LogP contribution in [0.5, 0.6) is 23.0 Å². The van der Waals surface area contributed by atoms with Crippen LogP contribution >= 0.6 is 23.2 Å². The summed E-state index contributed by atoms with van der Waals surface area (Å²) in [6.07, 6.45) is 2.28. The van der Waals surface area contributed by atoms with Crippen molar-refractivity contribution >= 4 is 120 Å². The largest absolute Gasteiger partial charge is 0.485 e. The number of hydrogen-bond donors (Lipinski definition) is 1. The maximum absolute atomic E-state index is 11.8. The third kappa shape index (κ3) is 14.3. The molecule has 20 heteroatoms. The Labute approximate surface area is 552 Å². The number of ketones is 7. The first-order valence-electron chi connectivity index (χ1n) is 30.7. The third-order valence-corrected chi connectivity index (χ3v) is 17.3. The fourth-order valence-electron chi connectivity index (χ4n) is 11.9. The minimum atomic E-state index is -0.00931. The van der Waals surface area contributed by atoms with E-state index in [4.69, 9.17) is 46.6 Å². The number of fused-ring (bicyclic) bond motifs is 11. The Balaban J connectivity index is 0.000000112. The van der Waals surface area contributed by atoms with E-state index < -0.39 is 0 Å². The predicted octanol–water partition coefficient (Wildman–Crippen LogP) is 14.1. The van der Waals surface area contributed by atoms with E-state index in [2.05, 4.69) is 20.0 Å². The number of amides is 1. The number of para-hydroxylation sites is 4. The molecule has 8 aliphatic heterocycles. The zero-order valence-corrected chi connectivity index (χ0v) is 53.9. The standard InChI is InChI=1S/C14H8O3.C11H12ClNO.C11H11NO2.C10H10ClNO.C10H11NO.C9H9NO.C9H6O4/c15-11-7-16-13-5-9-8-3-1-2-4-12(8)17-14(9)6-10(11)13;1-7-6-13(2)10-5-8(12)3-4-9(10)11(7)14;1-8(13)12-7-6-11(14)9-4-2-3-5-10(9)12;1-12-5-4-10(13)8-6-7(11)2-3-9(8)12;1-11-7-6-10(12)8-4-2-3-5-9(8)11;11-9-5-6-10-8-4-2-1-3-7(8)9;10-6-3-11-7-2-9-8(1-5(6)7)12-4-13-9/h1-6H,7H2;3-5,7H,6H2,1-2H3;2-5H,6-7H2,1H3;2-3,6H,4-5H2,1H3;2-5H,6-7H2,1H3;1-4,10H,5-6H2;1-2H,3-4H2. The van der Waals surface area contributed by atoms with Crippen LogP contribution in [0.15, 0.2) is 162 Å². The van der Waals surface area contributed by atoms with Gasteiger partial charge in [-0.2, -0.15) is 0 Å². The van der Waals surface area contributed by atoms with Gasteiger partial charge in [-0.1, -0.05) is 84.7 Å². The van der Waals surface area contributed by atoms with Gasteiger partial charge in [0.1, 0.15) is 22.7 Å². The van der Waals surface area contributed by atoms with Crippen molar-refractivity contribution in [2.45, 2.75) is 39.5 Å². The summed E-state index contributed by atoms with van der Waals surface area (Å²) >= 11 is 11.7. The van der Waals surface area contributed by atoms with Gasteiger partial charge in [0, 0.05) is 170 Å². The Morgan fingerprint density at radius 2 is 0.989 bits per heavy atom. The monoisotopic (exact) mass is 1300 g/mol. The van der Waals surface area contributed by atoms with Crippen LogP contribution < -0.4 is 43.9 Å². The summed E-state index contributed by atoms with van der Waals surface area (Å²) in [6, 6.07) is 48.4. The van der Waals surface area contributed by atoms with Gasteiger partial charge in [-0.3, -0.25) is 38.4 Å². The number of benzene rings is 8. The quantitative estimate of drug-likeness (QED) is 0.150. The number of hydrogen-bond acceptors (Lipinski definition) is 17. The third-order valence-electron chi connectivity index (χ3n) is 16.9. The minimum absolute atomic E-state index is 0.00620. The van der Waals surface area contributed by atoms with Crippen molar-refractivity contribution in [2.24, 2.45) is 5.92 Å². The van der Waals surface area contributed by atoms with Crippen LogP contribution in [0.4, 0.5) is 28.4 Å². The van der Waals surface area contributed by atoms with E-state index in [1.54, 1.807) is 41.3 Å². The Morgan fingerprint density at radius 1 is 0.447 bits per heavy atom. The second kappa shape index (κ2) is 28.7. The number of nitrogens with zero attached hydrogens (tertiary/aromatic N) is 4. The van der Waals surface area contributed by atoms with E-state index >= 15 is 0 Å². The van der Waals surface area contributed by atoms with Gasteiger partial charge in [0.05, 0.1) is 16.8 Å². The summed E-state index contributed by atoms with van der Waals surface area (Å²) < 4.78 is 26.5. The van der Waals surface area contributed by atoms with Crippen molar-refractivity contribution in [2.75, 3.05) is 98.8 Å². The molecular formula is C74H67Cl2N5O13. The molecule has 0 radical (unpaired) electrons. The van der Waals surface area contributed by atoms with E-state index in [-0.39, 0.29) is 72.3 Å². The first-order valence-corrected chi connectivity index (χ1v) is 31.5. The summed E-state index contributed by atoms with van der Waals surface area (Å²) in [4.78, 5) is 99.5. The van der Waals surface area contributed by atoms with Crippen molar-refractivity contribution < 1.29 is 61.7 Å². The number of rotatable bonds is 0. The van der Waals surface area contributed by atoms with E-state index in [1.807, 2.05) is 149 Å². The number of ether oxygens (including phenoxy) is 4. The van der Waals surface area contributed by atoms with Crippen molar-refractivity contribution in [1.29, 1.82) is 0 Å². The van der Waals surface area contributed by atoms with Gasteiger partial charge in [0.2, 0.25) is 24.3 Å². The lowest BCUT2D eigenvalue weighted by molar-refractivity contribution is -0.116. The second-order valence-electron chi connectivity index (χ2n) is 23.2. The number of halogens is 2. The fraction of sp³-hybridized carbons (Fsp3) is 0.243. The number of furan rings is 1. The zero-order valence-electron chi connectivity index (χ0n) is 52.4. The first kappa shape index (κ1) is 65.2. The Morgan fingerprint density at radius 3 is 1.67 bits per heavy atom. The van der Waals surface area contributed by atoms with Crippen LogP contribution in [0.3, 0.4) is 0 Å². The van der Waals surface area contributed by atoms with Gasteiger partial charge in [0.15, 0.2) is 53.6 Å². The highest BCUT2D eigenvalue weighted by Crippen LogP contribution is 2.41. The molecule has 9 aromatic rings. The molecule has 0 aliphatic carbocycles. The number of carbonyl (C=O) groups excluding carboxylic acids is 8.